The molecule has 0 saturated carbocycles. The lowest BCUT2D eigenvalue weighted by atomic mass is 10.0. The molecular weight excluding hydrogens is 346 g/mol. The summed E-state index contributed by atoms with van der Waals surface area (Å²) in [6.07, 6.45) is 0.323. The van der Waals surface area contributed by atoms with Crippen molar-refractivity contribution in [3.05, 3.63) is 35.7 Å². The second kappa shape index (κ2) is 6.79. The summed E-state index contributed by atoms with van der Waals surface area (Å²) in [6, 6.07) is 7.59. The monoisotopic (exact) mass is 363 g/mol. The van der Waals surface area contributed by atoms with Crippen LogP contribution in [0, 0.1) is 18.8 Å². The van der Waals surface area contributed by atoms with Crippen LogP contribution in [-0.4, -0.2) is 56.7 Å². The smallest absolute Gasteiger partial charge is 0.311 e. The average Bonchev–Trinajstić information content (AvgIpc) is 3.26. The van der Waals surface area contributed by atoms with E-state index in [0.717, 1.165) is 11.3 Å². The molecular formula is C16H18ClN5O3. The molecule has 1 aromatic carbocycles. The number of aryl methyl sites for hydroxylation is 1. The van der Waals surface area contributed by atoms with E-state index in [1.807, 2.05) is 31.2 Å². The number of carbonyl (C=O) groups excluding carboxylic acids is 2. The molecule has 25 heavy (non-hydrogen) atoms. The third-order valence-corrected chi connectivity index (χ3v) is 4.70. The van der Waals surface area contributed by atoms with Crippen LogP contribution in [0.5, 0.6) is 0 Å². The number of rotatable bonds is 3. The highest BCUT2D eigenvalue weighted by Gasteiger charge is 2.45. The number of benzene rings is 1. The van der Waals surface area contributed by atoms with Crippen molar-refractivity contribution in [3.63, 3.8) is 0 Å². The van der Waals surface area contributed by atoms with Gasteiger partial charge in [-0.25, -0.2) is 0 Å². The van der Waals surface area contributed by atoms with Crippen molar-refractivity contribution in [2.24, 2.45) is 11.8 Å². The Bertz CT molecular complexity index is 791. The largest absolute Gasteiger partial charge is 0.465 e. The van der Waals surface area contributed by atoms with E-state index in [1.54, 1.807) is 9.58 Å². The van der Waals surface area contributed by atoms with Crippen LogP contribution in [-0.2, 0) is 20.7 Å². The van der Waals surface area contributed by atoms with Gasteiger partial charge < -0.3 is 9.64 Å². The molecule has 2 fully saturated rings. The van der Waals surface area contributed by atoms with Gasteiger partial charge in [-0.05, 0) is 35.0 Å². The fourth-order valence-corrected chi connectivity index (χ4v) is 3.32. The van der Waals surface area contributed by atoms with Crippen molar-refractivity contribution in [1.82, 2.24) is 25.1 Å². The topological polar surface area (TPSA) is 90.2 Å². The average molecular weight is 364 g/mol. The Balaban J connectivity index is 0.00000182. The zero-order valence-corrected chi connectivity index (χ0v) is 14.5. The van der Waals surface area contributed by atoms with E-state index >= 15 is 0 Å². The molecule has 132 valence electrons. The fourth-order valence-electron chi connectivity index (χ4n) is 3.32. The lowest BCUT2D eigenvalue weighted by Gasteiger charge is -2.17. The van der Waals surface area contributed by atoms with Crippen molar-refractivity contribution < 1.29 is 14.3 Å². The number of fused-ring (bicyclic) bond motifs is 1. The number of ether oxygens (including phenoxy) is 1. The van der Waals surface area contributed by atoms with E-state index in [4.69, 9.17) is 4.74 Å². The summed E-state index contributed by atoms with van der Waals surface area (Å²) in [5.41, 5.74) is 1.78. The maximum Gasteiger partial charge on any atom is 0.311 e. The summed E-state index contributed by atoms with van der Waals surface area (Å²) in [5.74, 6) is 0.597. The minimum atomic E-state index is -0.170. The van der Waals surface area contributed by atoms with Crippen LogP contribution in [0.2, 0.25) is 0 Å². The lowest BCUT2D eigenvalue weighted by Crippen LogP contribution is -2.32. The summed E-state index contributed by atoms with van der Waals surface area (Å²) in [4.78, 5) is 25.8. The minimum Gasteiger partial charge on any atom is -0.465 e. The fraction of sp³-hybridized carbons (Fsp3) is 0.438. The number of halogens is 1. The first-order valence-corrected chi connectivity index (χ1v) is 7.90. The van der Waals surface area contributed by atoms with Gasteiger partial charge in [-0.2, -0.15) is 4.68 Å². The quantitative estimate of drug-likeness (QED) is 0.740. The molecule has 0 unspecified atom stereocenters. The van der Waals surface area contributed by atoms with Crippen molar-refractivity contribution in [2.45, 2.75) is 13.3 Å². The van der Waals surface area contributed by atoms with Crippen LogP contribution in [0.25, 0.3) is 5.69 Å². The molecule has 1 amide bonds. The van der Waals surface area contributed by atoms with Gasteiger partial charge in [0.05, 0.1) is 24.6 Å². The van der Waals surface area contributed by atoms with Gasteiger partial charge in [0.2, 0.25) is 5.91 Å². The molecule has 0 aliphatic carbocycles. The number of esters is 1. The number of aromatic nitrogens is 4. The van der Waals surface area contributed by atoms with Gasteiger partial charge in [-0.1, -0.05) is 12.1 Å². The number of likely N-dealkylation sites (tertiary alicyclic amines) is 1. The van der Waals surface area contributed by atoms with Crippen LogP contribution in [0.15, 0.2) is 24.3 Å². The van der Waals surface area contributed by atoms with Gasteiger partial charge in [0.25, 0.3) is 0 Å². The van der Waals surface area contributed by atoms with E-state index in [0.29, 0.717) is 31.9 Å². The highest BCUT2D eigenvalue weighted by molar-refractivity contribution is 5.85. The van der Waals surface area contributed by atoms with Crippen LogP contribution in [0.3, 0.4) is 0 Å². The molecule has 0 N–H and O–H groups in total. The third-order valence-electron chi connectivity index (χ3n) is 4.70. The Morgan fingerprint density at radius 2 is 2.04 bits per heavy atom. The molecule has 4 rings (SSSR count). The van der Waals surface area contributed by atoms with E-state index < -0.39 is 0 Å². The van der Waals surface area contributed by atoms with Crippen LogP contribution in [0.4, 0.5) is 0 Å². The van der Waals surface area contributed by atoms with Gasteiger partial charge >= 0.3 is 5.97 Å². The SMILES string of the molecule is Cc1nnnn1-c1ccc(CC(=O)N2C[C@@H]3COC(=O)[C@@H]3C2)cc1.Cl. The number of tetrazole rings is 1. The summed E-state index contributed by atoms with van der Waals surface area (Å²) < 4.78 is 6.67. The van der Waals surface area contributed by atoms with Gasteiger partial charge in [0.15, 0.2) is 5.82 Å². The van der Waals surface area contributed by atoms with Crippen molar-refractivity contribution in [2.75, 3.05) is 19.7 Å². The van der Waals surface area contributed by atoms with Crippen molar-refractivity contribution in [1.29, 1.82) is 0 Å². The van der Waals surface area contributed by atoms with Crippen LogP contribution >= 0.6 is 12.4 Å². The third kappa shape index (κ3) is 3.21. The summed E-state index contributed by atoms with van der Waals surface area (Å²) in [6.45, 7) is 3.35. The molecule has 2 aliphatic heterocycles. The number of hydrogen-bond acceptors (Lipinski definition) is 6. The van der Waals surface area contributed by atoms with Gasteiger partial charge in [-0.3, -0.25) is 9.59 Å². The summed E-state index contributed by atoms with van der Waals surface area (Å²) >= 11 is 0. The van der Waals surface area contributed by atoms with Crippen LogP contribution < -0.4 is 0 Å². The normalized spacial score (nSPS) is 21.6. The molecule has 9 heteroatoms. The Hall–Kier alpha value is -2.48. The van der Waals surface area contributed by atoms with Gasteiger partial charge in [-0.15, -0.1) is 17.5 Å². The lowest BCUT2D eigenvalue weighted by molar-refractivity contribution is -0.142. The van der Waals surface area contributed by atoms with E-state index in [-0.39, 0.29) is 36.1 Å². The molecule has 3 heterocycles. The van der Waals surface area contributed by atoms with Crippen molar-refractivity contribution in [3.8, 4) is 5.69 Å². The minimum absolute atomic E-state index is 0. The Morgan fingerprint density at radius 1 is 1.28 bits per heavy atom. The molecule has 1 aromatic heterocycles. The van der Waals surface area contributed by atoms with Crippen LogP contribution in [0.1, 0.15) is 11.4 Å². The Morgan fingerprint density at radius 3 is 2.68 bits per heavy atom. The van der Waals surface area contributed by atoms with E-state index in [2.05, 4.69) is 15.5 Å². The summed E-state index contributed by atoms with van der Waals surface area (Å²) in [7, 11) is 0. The first kappa shape index (κ1) is 17.3. The van der Waals surface area contributed by atoms with Gasteiger partial charge in [0, 0.05) is 19.0 Å². The highest BCUT2D eigenvalue weighted by Crippen LogP contribution is 2.30. The maximum atomic E-state index is 12.5. The molecule has 0 bridgehead atoms. The second-order valence-electron chi connectivity index (χ2n) is 6.28. The van der Waals surface area contributed by atoms with E-state index in [9.17, 15) is 9.59 Å². The molecule has 8 nitrogen and oxygen atoms in total. The Kier molecular flexibility index (Phi) is 4.71. The first-order chi connectivity index (χ1) is 11.6. The molecule has 0 radical (unpaired) electrons. The predicted octanol–water partition coefficient (Wildman–Crippen LogP) is 0.566. The number of nitrogens with zero attached hydrogens (tertiary/aromatic N) is 5. The first-order valence-electron chi connectivity index (χ1n) is 7.90. The number of carbonyl (C=O) groups is 2. The zero-order chi connectivity index (χ0) is 16.7. The second-order valence-corrected chi connectivity index (χ2v) is 6.28. The van der Waals surface area contributed by atoms with Crippen molar-refractivity contribution >= 4 is 24.3 Å². The zero-order valence-electron chi connectivity index (χ0n) is 13.7. The molecule has 2 atom stereocenters. The number of hydrogen-bond donors (Lipinski definition) is 0. The maximum absolute atomic E-state index is 12.5. The van der Waals surface area contributed by atoms with Gasteiger partial charge in [0.1, 0.15) is 0 Å². The highest BCUT2D eigenvalue weighted by atomic mass is 35.5. The number of amides is 1. The molecule has 2 aliphatic rings. The standard InChI is InChI=1S/C16H17N5O3.ClH/c1-10-17-18-19-21(10)13-4-2-11(3-5-13)6-15(22)20-7-12-9-24-16(23)14(12)8-20;/h2-5,12,14H,6-9H2,1H3;1H/t12-,14-;/m1./s1. The molecule has 0 spiro atoms. The number of cyclic esters (lactones) is 1. The predicted molar refractivity (Wildman–Crippen MR) is 89.4 cm³/mol. The molecule has 2 saturated heterocycles. The Labute approximate surface area is 150 Å². The van der Waals surface area contributed by atoms with E-state index in [1.165, 1.54) is 0 Å². The molecule has 2 aromatic rings. The summed E-state index contributed by atoms with van der Waals surface area (Å²) in [5, 5.41) is 11.4.